The predicted molar refractivity (Wildman–Crippen MR) is 94.1 cm³/mol. The Bertz CT molecular complexity index is 1130. The highest BCUT2D eigenvalue weighted by atomic mass is 35.5. The summed E-state index contributed by atoms with van der Waals surface area (Å²) in [4.78, 5) is 22.3. The molecule has 4 aromatic heterocycles. The molecule has 0 saturated heterocycles. The highest BCUT2D eigenvalue weighted by molar-refractivity contribution is 7.20. The van der Waals surface area contributed by atoms with Crippen LogP contribution in [-0.2, 0) is 11.8 Å². The number of fused-ring (bicyclic) bond motifs is 3. The number of thiophene rings is 1. The third kappa shape index (κ3) is 2.47. The van der Waals surface area contributed by atoms with Gasteiger partial charge in [-0.2, -0.15) is 5.10 Å². The zero-order valence-electron chi connectivity index (χ0n) is 13.6. The summed E-state index contributed by atoms with van der Waals surface area (Å²) in [6.07, 6.45) is 3.25. The first kappa shape index (κ1) is 16.0. The highest BCUT2D eigenvalue weighted by Crippen LogP contribution is 2.33. The fraction of sp³-hybridized carbons (Fsp3) is 0.267. The van der Waals surface area contributed by atoms with Gasteiger partial charge in [0.05, 0.1) is 17.0 Å². The minimum Gasteiger partial charge on any atom is -0.462 e. The van der Waals surface area contributed by atoms with Gasteiger partial charge >= 0.3 is 5.97 Å². The topological polar surface area (TPSA) is 87.2 Å². The molecule has 128 valence electrons. The van der Waals surface area contributed by atoms with Crippen LogP contribution in [0, 0.1) is 6.92 Å². The average molecular weight is 377 g/mol. The molecule has 4 rings (SSSR count). The zero-order valence-corrected chi connectivity index (χ0v) is 15.2. The van der Waals surface area contributed by atoms with Crippen molar-refractivity contribution in [2.24, 2.45) is 7.05 Å². The van der Waals surface area contributed by atoms with Crippen molar-refractivity contribution in [2.75, 3.05) is 6.61 Å². The van der Waals surface area contributed by atoms with Crippen molar-refractivity contribution in [3.8, 4) is 11.5 Å². The van der Waals surface area contributed by atoms with E-state index in [1.54, 1.807) is 35.7 Å². The van der Waals surface area contributed by atoms with Gasteiger partial charge in [0.25, 0.3) is 0 Å². The molecule has 0 atom stereocenters. The van der Waals surface area contributed by atoms with E-state index in [9.17, 15) is 4.79 Å². The molecule has 0 fully saturated rings. The maximum absolute atomic E-state index is 12.1. The van der Waals surface area contributed by atoms with Gasteiger partial charge in [0.1, 0.15) is 16.0 Å². The highest BCUT2D eigenvalue weighted by Gasteiger charge is 2.22. The van der Waals surface area contributed by atoms with E-state index in [0.717, 1.165) is 10.9 Å². The standard InChI is InChI=1S/C15H13ClN6O2S/c1-4-24-15(23)11-7(2)9-13-18-12(10-8(16)5-21(3)19-10)20-22(13)6-17-14(9)25-11/h5-6H,4H2,1-3H3. The Morgan fingerprint density at radius 3 is 2.88 bits per heavy atom. The van der Waals surface area contributed by atoms with Gasteiger partial charge in [-0.25, -0.2) is 19.3 Å². The van der Waals surface area contributed by atoms with E-state index < -0.39 is 0 Å². The summed E-state index contributed by atoms with van der Waals surface area (Å²) in [7, 11) is 1.78. The minimum atomic E-state index is -0.353. The summed E-state index contributed by atoms with van der Waals surface area (Å²) in [6.45, 7) is 3.95. The Labute approximate surface area is 151 Å². The largest absolute Gasteiger partial charge is 0.462 e. The summed E-state index contributed by atoms with van der Waals surface area (Å²) >= 11 is 7.48. The fourth-order valence-electron chi connectivity index (χ4n) is 2.64. The van der Waals surface area contributed by atoms with Crippen LogP contribution < -0.4 is 0 Å². The van der Waals surface area contributed by atoms with Gasteiger partial charge in [-0.05, 0) is 19.4 Å². The zero-order chi connectivity index (χ0) is 17.7. The lowest BCUT2D eigenvalue weighted by atomic mass is 10.2. The second-order valence-corrected chi connectivity index (χ2v) is 6.81. The van der Waals surface area contributed by atoms with Crippen molar-refractivity contribution >= 4 is 44.8 Å². The average Bonchev–Trinajstić information content (AvgIpc) is 3.22. The summed E-state index contributed by atoms with van der Waals surface area (Å²) in [5.41, 5.74) is 1.88. The number of nitrogens with zero attached hydrogens (tertiary/aromatic N) is 6. The number of halogens is 1. The monoisotopic (exact) mass is 376 g/mol. The first-order chi connectivity index (χ1) is 12.0. The molecule has 10 heteroatoms. The Kier molecular flexibility index (Phi) is 3.69. The first-order valence-electron chi connectivity index (χ1n) is 7.50. The van der Waals surface area contributed by atoms with Gasteiger partial charge in [0.15, 0.2) is 11.3 Å². The molecule has 0 spiro atoms. The van der Waals surface area contributed by atoms with Crippen LogP contribution in [0.3, 0.4) is 0 Å². The number of aryl methyl sites for hydroxylation is 2. The molecule has 8 nitrogen and oxygen atoms in total. The first-order valence-corrected chi connectivity index (χ1v) is 8.70. The molecule has 0 unspecified atom stereocenters. The molecular formula is C15H13ClN6O2S. The molecular weight excluding hydrogens is 364 g/mol. The lowest BCUT2D eigenvalue weighted by molar-refractivity contribution is 0.0531. The van der Waals surface area contributed by atoms with Crippen LogP contribution >= 0.6 is 22.9 Å². The van der Waals surface area contributed by atoms with E-state index in [-0.39, 0.29) is 5.97 Å². The molecule has 4 aromatic rings. The quantitative estimate of drug-likeness (QED) is 0.511. The molecule has 4 heterocycles. The lowest BCUT2D eigenvalue weighted by Gasteiger charge is -1.99. The minimum absolute atomic E-state index is 0.322. The number of ether oxygens (including phenoxy) is 1. The molecule has 0 aliphatic heterocycles. The van der Waals surface area contributed by atoms with Gasteiger partial charge in [0, 0.05) is 13.2 Å². The molecule has 0 bridgehead atoms. The van der Waals surface area contributed by atoms with Gasteiger partial charge in [-0.1, -0.05) is 11.6 Å². The lowest BCUT2D eigenvalue weighted by Crippen LogP contribution is -2.03. The Balaban J connectivity index is 1.94. The van der Waals surface area contributed by atoms with E-state index in [0.29, 0.717) is 38.5 Å². The van der Waals surface area contributed by atoms with Crippen molar-refractivity contribution in [3.05, 3.63) is 28.0 Å². The maximum Gasteiger partial charge on any atom is 0.348 e. The molecule has 25 heavy (non-hydrogen) atoms. The molecule has 0 radical (unpaired) electrons. The van der Waals surface area contributed by atoms with Gasteiger partial charge in [-0.3, -0.25) is 4.68 Å². The summed E-state index contributed by atoms with van der Waals surface area (Å²) < 4.78 is 8.28. The third-order valence-corrected chi connectivity index (χ3v) is 5.18. The number of carbonyl (C=O) groups excluding carboxylic acids is 1. The SMILES string of the molecule is CCOC(=O)c1sc2ncn3nc(-c4nn(C)cc4Cl)nc3c2c1C. The third-order valence-electron chi connectivity index (χ3n) is 3.72. The number of rotatable bonds is 3. The van der Waals surface area contributed by atoms with E-state index in [1.807, 2.05) is 6.92 Å². The number of hydrogen-bond donors (Lipinski definition) is 0. The van der Waals surface area contributed by atoms with Crippen molar-refractivity contribution in [2.45, 2.75) is 13.8 Å². The van der Waals surface area contributed by atoms with Crippen molar-refractivity contribution < 1.29 is 9.53 Å². The number of carbonyl (C=O) groups is 1. The van der Waals surface area contributed by atoms with Crippen molar-refractivity contribution in [3.63, 3.8) is 0 Å². The van der Waals surface area contributed by atoms with Crippen LogP contribution in [0.5, 0.6) is 0 Å². The van der Waals surface area contributed by atoms with Crippen LogP contribution in [0.25, 0.3) is 27.4 Å². The molecule has 0 N–H and O–H groups in total. The molecule has 0 aromatic carbocycles. The molecule has 0 saturated carbocycles. The van der Waals surface area contributed by atoms with Crippen molar-refractivity contribution in [1.82, 2.24) is 29.4 Å². The number of aromatic nitrogens is 6. The van der Waals surface area contributed by atoms with Crippen molar-refractivity contribution in [1.29, 1.82) is 0 Å². The van der Waals surface area contributed by atoms with E-state index >= 15 is 0 Å². The van der Waals surface area contributed by atoms with Crippen LogP contribution in [-0.4, -0.2) is 41.9 Å². The van der Waals surface area contributed by atoms with Gasteiger partial charge in [-0.15, -0.1) is 16.4 Å². The summed E-state index contributed by atoms with van der Waals surface area (Å²) in [5.74, 6) is 0.0526. The molecule has 0 aliphatic rings. The normalized spacial score (nSPS) is 11.5. The van der Waals surface area contributed by atoms with Gasteiger partial charge in [0.2, 0.25) is 5.82 Å². The molecule has 0 aliphatic carbocycles. The van der Waals surface area contributed by atoms with E-state index in [1.165, 1.54) is 11.3 Å². The number of esters is 1. The van der Waals surface area contributed by atoms with E-state index in [4.69, 9.17) is 16.3 Å². The second-order valence-electron chi connectivity index (χ2n) is 5.40. The van der Waals surface area contributed by atoms with Gasteiger partial charge < -0.3 is 4.74 Å². The Morgan fingerprint density at radius 1 is 1.40 bits per heavy atom. The number of hydrogen-bond acceptors (Lipinski definition) is 7. The Morgan fingerprint density at radius 2 is 2.20 bits per heavy atom. The maximum atomic E-state index is 12.1. The smallest absolute Gasteiger partial charge is 0.348 e. The predicted octanol–water partition coefficient (Wildman–Crippen LogP) is 2.88. The van der Waals surface area contributed by atoms with Crippen LogP contribution in [0.4, 0.5) is 0 Å². The Hall–Kier alpha value is -2.52. The summed E-state index contributed by atoms with van der Waals surface area (Å²) in [5, 5.41) is 9.95. The summed E-state index contributed by atoms with van der Waals surface area (Å²) in [6, 6.07) is 0. The van der Waals surface area contributed by atoms with E-state index in [2.05, 4.69) is 20.2 Å². The fourth-order valence-corrected chi connectivity index (χ4v) is 3.94. The second kappa shape index (κ2) is 5.78. The van der Waals surface area contributed by atoms with Crippen LogP contribution in [0.1, 0.15) is 22.2 Å². The van der Waals surface area contributed by atoms with Crippen LogP contribution in [0.15, 0.2) is 12.5 Å². The molecule has 0 amide bonds. The van der Waals surface area contributed by atoms with Crippen LogP contribution in [0.2, 0.25) is 5.02 Å².